The van der Waals surface area contributed by atoms with Gasteiger partial charge in [0.05, 0.1) is 22.8 Å². The number of nitrogens with zero attached hydrogens (tertiary/aromatic N) is 1. The molecule has 0 spiro atoms. The van der Waals surface area contributed by atoms with Crippen LogP contribution in [-0.4, -0.2) is 0 Å². The number of benzene rings is 1. The molecule has 0 fully saturated rings. The maximum Gasteiger partial charge on any atom is 0.417 e. The van der Waals surface area contributed by atoms with E-state index in [0.717, 1.165) is 22.6 Å². The molecule has 0 radical (unpaired) electrons. The molecule has 0 saturated carbocycles. The molecular formula is C9H2F6IN. The minimum atomic E-state index is -4.93. The van der Waals surface area contributed by atoms with Crippen molar-refractivity contribution >= 4 is 22.6 Å². The molecule has 92 valence electrons. The highest BCUT2D eigenvalue weighted by Gasteiger charge is 2.40. The molecule has 0 aromatic heterocycles. The van der Waals surface area contributed by atoms with E-state index in [2.05, 4.69) is 0 Å². The third kappa shape index (κ3) is 3.02. The molecule has 1 aromatic carbocycles. The summed E-state index contributed by atoms with van der Waals surface area (Å²) in [5.41, 5.74) is -3.58. The zero-order chi connectivity index (χ0) is 13.4. The molecule has 0 aliphatic carbocycles. The Morgan fingerprint density at radius 2 is 1.29 bits per heavy atom. The van der Waals surface area contributed by atoms with Crippen molar-refractivity contribution in [2.75, 3.05) is 0 Å². The van der Waals surface area contributed by atoms with Crippen LogP contribution >= 0.6 is 22.6 Å². The Balaban J connectivity index is 3.61. The molecule has 0 saturated heterocycles. The van der Waals surface area contributed by atoms with Gasteiger partial charge in [-0.2, -0.15) is 31.6 Å². The van der Waals surface area contributed by atoms with Crippen LogP contribution in [-0.2, 0) is 12.4 Å². The van der Waals surface area contributed by atoms with E-state index < -0.39 is 32.6 Å². The molecular weight excluding hydrogens is 363 g/mol. The molecule has 0 aliphatic rings. The SMILES string of the molecule is N#Cc1cc(C(F)(F)F)c(I)c(C(F)(F)F)c1. The van der Waals surface area contributed by atoms with Crippen LogP contribution in [0.1, 0.15) is 16.7 Å². The van der Waals surface area contributed by atoms with Crippen LogP contribution < -0.4 is 0 Å². The van der Waals surface area contributed by atoms with E-state index in [1.165, 1.54) is 6.07 Å². The number of rotatable bonds is 0. The maximum atomic E-state index is 12.5. The summed E-state index contributed by atoms with van der Waals surface area (Å²) in [4.78, 5) is 0. The van der Waals surface area contributed by atoms with Crippen molar-refractivity contribution in [3.8, 4) is 6.07 Å². The summed E-state index contributed by atoms with van der Waals surface area (Å²) in [5.74, 6) is 0. The molecule has 1 rings (SSSR count). The van der Waals surface area contributed by atoms with Crippen molar-refractivity contribution in [3.05, 3.63) is 32.4 Å². The highest BCUT2D eigenvalue weighted by atomic mass is 127. The third-order valence-electron chi connectivity index (χ3n) is 1.81. The van der Waals surface area contributed by atoms with Crippen molar-refractivity contribution < 1.29 is 26.3 Å². The summed E-state index contributed by atoms with van der Waals surface area (Å²) in [7, 11) is 0. The zero-order valence-electron chi connectivity index (χ0n) is 7.75. The smallest absolute Gasteiger partial charge is 0.192 e. The van der Waals surface area contributed by atoms with Gasteiger partial charge >= 0.3 is 12.4 Å². The van der Waals surface area contributed by atoms with Gasteiger partial charge in [0.25, 0.3) is 0 Å². The molecule has 17 heavy (non-hydrogen) atoms. The zero-order valence-corrected chi connectivity index (χ0v) is 9.91. The van der Waals surface area contributed by atoms with E-state index in [1.807, 2.05) is 0 Å². The standard InChI is InChI=1S/C9H2F6IN/c10-8(11,12)5-1-4(3-17)2-6(7(5)16)9(13,14)15/h1-2H. The lowest BCUT2D eigenvalue weighted by molar-refractivity contribution is -0.144. The summed E-state index contributed by atoms with van der Waals surface area (Å²) in [6.45, 7) is 0. The van der Waals surface area contributed by atoms with Gasteiger partial charge in [-0.1, -0.05) is 0 Å². The molecule has 0 amide bonds. The molecule has 8 heteroatoms. The molecule has 0 unspecified atom stereocenters. The van der Waals surface area contributed by atoms with Gasteiger partial charge < -0.3 is 0 Å². The minimum absolute atomic E-state index is 0.400. The highest BCUT2D eigenvalue weighted by Crippen LogP contribution is 2.40. The van der Waals surface area contributed by atoms with Gasteiger partial charge in [0, 0.05) is 3.57 Å². The Labute approximate surface area is 105 Å². The fourth-order valence-electron chi connectivity index (χ4n) is 1.10. The Morgan fingerprint density at radius 1 is 0.941 bits per heavy atom. The van der Waals surface area contributed by atoms with Crippen LogP contribution in [0.15, 0.2) is 12.1 Å². The second kappa shape index (κ2) is 4.36. The van der Waals surface area contributed by atoms with Gasteiger partial charge in [-0.15, -0.1) is 0 Å². The summed E-state index contributed by atoms with van der Waals surface area (Å²) in [6.07, 6.45) is -9.85. The Bertz CT molecular complexity index is 447. The minimum Gasteiger partial charge on any atom is -0.192 e. The Morgan fingerprint density at radius 3 is 1.53 bits per heavy atom. The van der Waals surface area contributed by atoms with Crippen LogP contribution in [0, 0.1) is 14.9 Å². The van der Waals surface area contributed by atoms with Gasteiger partial charge in [-0.05, 0) is 34.7 Å². The quantitative estimate of drug-likeness (QED) is 0.500. The molecule has 1 aromatic rings. The van der Waals surface area contributed by atoms with Crippen molar-refractivity contribution in [1.82, 2.24) is 0 Å². The van der Waals surface area contributed by atoms with Crippen LogP contribution in [0.2, 0.25) is 0 Å². The molecule has 0 N–H and O–H groups in total. The average molecular weight is 365 g/mol. The van der Waals surface area contributed by atoms with E-state index in [4.69, 9.17) is 5.26 Å². The summed E-state index contributed by atoms with van der Waals surface area (Å²) < 4.78 is 73.8. The number of halogens is 7. The summed E-state index contributed by atoms with van der Waals surface area (Å²) in [5, 5.41) is 8.42. The third-order valence-corrected chi connectivity index (χ3v) is 2.97. The van der Waals surface area contributed by atoms with Gasteiger partial charge in [0.15, 0.2) is 0 Å². The maximum absolute atomic E-state index is 12.5. The van der Waals surface area contributed by atoms with E-state index >= 15 is 0 Å². The van der Waals surface area contributed by atoms with Crippen molar-refractivity contribution in [2.24, 2.45) is 0 Å². The van der Waals surface area contributed by atoms with Crippen LogP contribution in [0.4, 0.5) is 26.3 Å². The van der Waals surface area contributed by atoms with E-state index in [9.17, 15) is 26.3 Å². The highest BCUT2D eigenvalue weighted by molar-refractivity contribution is 14.1. The topological polar surface area (TPSA) is 23.8 Å². The number of hydrogen-bond acceptors (Lipinski definition) is 1. The van der Waals surface area contributed by atoms with Crippen molar-refractivity contribution in [1.29, 1.82) is 5.26 Å². The van der Waals surface area contributed by atoms with E-state index in [0.29, 0.717) is 12.1 Å². The fraction of sp³-hybridized carbons (Fsp3) is 0.222. The predicted molar refractivity (Wildman–Crippen MR) is 53.9 cm³/mol. The second-order valence-corrected chi connectivity index (χ2v) is 4.07. The summed E-state index contributed by atoms with van der Waals surface area (Å²) in [6, 6.07) is 2.08. The fourth-order valence-corrected chi connectivity index (χ4v) is 2.02. The largest absolute Gasteiger partial charge is 0.417 e. The van der Waals surface area contributed by atoms with Crippen molar-refractivity contribution in [2.45, 2.75) is 12.4 Å². The Kier molecular flexibility index (Phi) is 3.61. The molecule has 0 heterocycles. The first-order valence-corrected chi connectivity index (χ1v) is 5.03. The van der Waals surface area contributed by atoms with Crippen LogP contribution in [0.25, 0.3) is 0 Å². The first-order valence-electron chi connectivity index (χ1n) is 3.95. The van der Waals surface area contributed by atoms with Gasteiger partial charge in [-0.3, -0.25) is 0 Å². The lowest BCUT2D eigenvalue weighted by atomic mass is 10.1. The van der Waals surface area contributed by atoms with Crippen LogP contribution in [0.5, 0.6) is 0 Å². The number of alkyl halides is 6. The normalized spacial score (nSPS) is 12.4. The average Bonchev–Trinajstić information content (AvgIpc) is 2.14. The first kappa shape index (κ1) is 14.1. The number of hydrogen-bond donors (Lipinski definition) is 0. The van der Waals surface area contributed by atoms with Crippen molar-refractivity contribution in [3.63, 3.8) is 0 Å². The lowest BCUT2D eigenvalue weighted by Crippen LogP contribution is -2.15. The molecule has 0 atom stereocenters. The monoisotopic (exact) mass is 365 g/mol. The van der Waals surface area contributed by atoms with Gasteiger partial charge in [0.2, 0.25) is 0 Å². The van der Waals surface area contributed by atoms with Gasteiger partial charge in [0.1, 0.15) is 0 Å². The lowest BCUT2D eigenvalue weighted by Gasteiger charge is -2.15. The Hall–Kier alpha value is -0.980. The number of nitriles is 1. The first-order chi connectivity index (χ1) is 7.57. The molecule has 0 bridgehead atoms. The van der Waals surface area contributed by atoms with Crippen LogP contribution in [0.3, 0.4) is 0 Å². The van der Waals surface area contributed by atoms with E-state index in [1.54, 1.807) is 0 Å². The second-order valence-electron chi connectivity index (χ2n) is 2.99. The van der Waals surface area contributed by atoms with E-state index in [-0.39, 0.29) is 0 Å². The predicted octanol–water partition coefficient (Wildman–Crippen LogP) is 4.20. The molecule has 0 aliphatic heterocycles. The van der Waals surface area contributed by atoms with Gasteiger partial charge in [-0.25, -0.2) is 0 Å². The molecule has 1 nitrogen and oxygen atoms in total. The summed E-state index contributed by atoms with van der Waals surface area (Å²) >= 11 is 0.975.